The van der Waals surface area contributed by atoms with Crippen molar-refractivity contribution in [1.29, 1.82) is 0 Å². The van der Waals surface area contributed by atoms with Crippen LogP contribution < -0.4 is 0 Å². The summed E-state index contributed by atoms with van der Waals surface area (Å²) >= 11 is 0. The quantitative estimate of drug-likeness (QED) is 0.376. The Morgan fingerprint density at radius 3 is 2.00 bits per heavy atom. The standard InChI is InChI=1S/C25H31N3O/c1-2-3-4-5-6-7-8-12-19-23-26-24(20-15-10-9-11-16-20)28-25(27-23)21-17-13-14-18-22(21)29/h9-11,13-18,29H,2-8,12,19H2,1H3. The highest BCUT2D eigenvalue weighted by Gasteiger charge is 2.12. The predicted molar refractivity (Wildman–Crippen MR) is 119 cm³/mol. The molecule has 4 nitrogen and oxygen atoms in total. The number of rotatable bonds is 11. The van der Waals surface area contributed by atoms with Gasteiger partial charge in [0.25, 0.3) is 0 Å². The molecule has 0 radical (unpaired) electrons. The van der Waals surface area contributed by atoms with Gasteiger partial charge in [-0.15, -0.1) is 0 Å². The van der Waals surface area contributed by atoms with E-state index in [2.05, 4.69) is 16.9 Å². The van der Waals surface area contributed by atoms with E-state index < -0.39 is 0 Å². The van der Waals surface area contributed by atoms with Crippen molar-refractivity contribution >= 4 is 0 Å². The average molecular weight is 390 g/mol. The zero-order chi connectivity index (χ0) is 20.3. The topological polar surface area (TPSA) is 58.9 Å². The Kier molecular flexibility index (Phi) is 8.17. The van der Waals surface area contributed by atoms with Crippen molar-refractivity contribution in [1.82, 2.24) is 15.0 Å². The van der Waals surface area contributed by atoms with Gasteiger partial charge in [-0.2, -0.15) is 0 Å². The van der Waals surface area contributed by atoms with Gasteiger partial charge in [0.05, 0.1) is 5.56 Å². The second kappa shape index (κ2) is 11.3. The van der Waals surface area contributed by atoms with Gasteiger partial charge in [-0.3, -0.25) is 0 Å². The van der Waals surface area contributed by atoms with Gasteiger partial charge < -0.3 is 5.11 Å². The Hall–Kier alpha value is -2.75. The molecular weight excluding hydrogens is 358 g/mol. The van der Waals surface area contributed by atoms with Crippen LogP contribution in [0.1, 0.15) is 64.1 Å². The Balaban J connectivity index is 1.71. The minimum atomic E-state index is 0.191. The Labute approximate surface area is 174 Å². The van der Waals surface area contributed by atoms with Gasteiger partial charge in [0, 0.05) is 12.0 Å². The van der Waals surface area contributed by atoms with Crippen LogP contribution >= 0.6 is 0 Å². The average Bonchev–Trinajstić information content (AvgIpc) is 2.76. The lowest BCUT2D eigenvalue weighted by Crippen LogP contribution is -2.03. The molecule has 3 aromatic rings. The monoisotopic (exact) mass is 389 g/mol. The van der Waals surface area contributed by atoms with Crippen LogP contribution in [0.15, 0.2) is 54.6 Å². The molecule has 152 valence electrons. The number of aryl methyl sites for hydroxylation is 1. The largest absolute Gasteiger partial charge is 0.507 e. The second-order valence-corrected chi connectivity index (χ2v) is 7.51. The molecule has 0 saturated carbocycles. The van der Waals surface area contributed by atoms with Gasteiger partial charge in [-0.05, 0) is 18.6 Å². The van der Waals surface area contributed by atoms with E-state index in [0.29, 0.717) is 17.2 Å². The summed E-state index contributed by atoms with van der Waals surface area (Å²) in [7, 11) is 0. The fraction of sp³-hybridized carbons (Fsp3) is 0.400. The fourth-order valence-corrected chi connectivity index (χ4v) is 3.45. The Bertz CT molecular complexity index is 880. The molecule has 29 heavy (non-hydrogen) atoms. The summed E-state index contributed by atoms with van der Waals surface area (Å²) in [6, 6.07) is 17.2. The number of hydrogen-bond acceptors (Lipinski definition) is 4. The van der Waals surface area contributed by atoms with Crippen LogP contribution in [0.2, 0.25) is 0 Å². The van der Waals surface area contributed by atoms with E-state index in [-0.39, 0.29) is 5.75 Å². The second-order valence-electron chi connectivity index (χ2n) is 7.51. The first-order valence-corrected chi connectivity index (χ1v) is 10.9. The zero-order valence-electron chi connectivity index (χ0n) is 17.3. The van der Waals surface area contributed by atoms with Crippen LogP contribution in [0.3, 0.4) is 0 Å². The molecule has 0 aliphatic carbocycles. The minimum Gasteiger partial charge on any atom is -0.507 e. The molecule has 1 N–H and O–H groups in total. The number of phenols is 1. The molecule has 0 amide bonds. The van der Waals surface area contributed by atoms with Gasteiger partial charge in [0.1, 0.15) is 11.6 Å². The van der Waals surface area contributed by atoms with Crippen LogP contribution in [0.4, 0.5) is 0 Å². The summed E-state index contributed by atoms with van der Waals surface area (Å²) in [6.07, 6.45) is 11.0. The molecule has 0 spiro atoms. The van der Waals surface area contributed by atoms with E-state index in [1.165, 1.54) is 44.9 Å². The van der Waals surface area contributed by atoms with E-state index in [4.69, 9.17) is 4.98 Å². The van der Waals surface area contributed by atoms with Crippen LogP contribution in [0.25, 0.3) is 22.8 Å². The highest BCUT2D eigenvalue weighted by Crippen LogP contribution is 2.27. The van der Waals surface area contributed by atoms with Gasteiger partial charge in [-0.25, -0.2) is 15.0 Å². The van der Waals surface area contributed by atoms with Crippen molar-refractivity contribution in [2.24, 2.45) is 0 Å². The number of aromatic nitrogens is 3. The first-order chi connectivity index (χ1) is 14.3. The molecule has 4 heteroatoms. The first kappa shape index (κ1) is 21.0. The van der Waals surface area contributed by atoms with E-state index in [1.807, 2.05) is 42.5 Å². The maximum atomic E-state index is 10.3. The van der Waals surface area contributed by atoms with Crippen molar-refractivity contribution < 1.29 is 5.11 Å². The maximum Gasteiger partial charge on any atom is 0.167 e. The molecular formula is C25H31N3O. The lowest BCUT2D eigenvalue weighted by Gasteiger charge is -2.09. The third kappa shape index (κ3) is 6.38. The number of hydrogen-bond donors (Lipinski definition) is 1. The Morgan fingerprint density at radius 1 is 0.655 bits per heavy atom. The van der Waals surface area contributed by atoms with Gasteiger partial charge >= 0.3 is 0 Å². The van der Waals surface area contributed by atoms with Crippen LogP contribution in [0.5, 0.6) is 5.75 Å². The molecule has 3 rings (SSSR count). The van der Waals surface area contributed by atoms with Gasteiger partial charge in [0.15, 0.2) is 11.6 Å². The van der Waals surface area contributed by atoms with E-state index in [9.17, 15) is 5.11 Å². The summed E-state index contributed by atoms with van der Waals surface area (Å²) in [4.78, 5) is 14.0. The highest BCUT2D eigenvalue weighted by atomic mass is 16.3. The third-order valence-corrected chi connectivity index (χ3v) is 5.11. The number of aromatic hydroxyl groups is 1. The molecule has 0 fully saturated rings. The maximum absolute atomic E-state index is 10.3. The molecule has 0 aliphatic rings. The molecule has 2 aromatic carbocycles. The van der Waals surface area contributed by atoms with Crippen LogP contribution in [0, 0.1) is 0 Å². The predicted octanol–water partition coefficient (Wildman–Crippen LogP) is 6.59. The van der Waals surface area contributed by atoms with Crippen molar-refractivity contribution in [3.63, 3.8) is 0 Å². The first-order valence-electron chi connectivity index (χ1n) is 10.9. The SMILES string of the molecule is CCCCCCCCCCc1nc(-c2ccccc2)nc(-c2ccccc2O)n1. The number of nitrogens with zero attached hydrogens (tertiary/aromatic N) is 3. The van der Waals surface area contributed by atoms with Crippen molar-refractivity contribution in [3.8, 4) is 28.5 Å². The van der Waals surface area contributed by atoms with E-state index in [0.717, 1.165) is 24.2 Å². The van der Waals surface area contributed by atoms with Crippen molar-refractivity contribution in [2.75, 3.05) is 0 Å². The molecule has 0 unspecified atom stereocenters. The summed E-state index contributed by atoms with van der Waals surface area (Å²) in [6.45, 7) is 2.25. The highest BCUT2D eigenvalue weighted by molar-refractivity contribution is 5.65. The normalized spacial score (nSPS) is 10.9. The van der Waals surface area contributed by atoms with Crippen molar-refractivity contribution in [3.05, 3.63) is 60.4 Å². The summed E-state index contributed by atoms with van der Waals surface area (Å²) in [5, 5.41) is 10.3. The minimum absolute atomic E-state index is 0.191. The molecule has 0 bridgehead atoms. The summed E-state index contributed by atoms with van der Waals surface area (Å²) in [5.74, 6) is 2.18. The van der Waals surface area contributed by atoms with Crippen LogP contribution in [-0.4, -0.2) is 20.1 Å². The summed E-state index contributed by atoms with van der Waals surface area (Å²) < 4.78 is 0. The van der Waals surface area contributed by atoms with Gasteiger partial charge in [0.2, 0.25) is 0 Å². The zero-order valence-corrected chi connectivity index (χ0v) is 17.3. The molecule has 0 aliphatic heterocycles. The number of benzene rings is 2. The van der Waals surface area contributed by atoms with E-state index >= 15 is 0 Å². The third-order valence-electron chi connectivity index (χ3n) is 5.11. The number of phenolic OH excluding ortho intramolecular Hbond substituents is 1. The molecule has 1 aromatic heterocycles. The van der Waals surface area contributed by atoms with Gasteiger partial charge in [-0.1, -0.05) is 94.3 Å². The van der Waals surface area contributed by atoms with Crippen molar-refractivity contribution in [2.45, 2.75) is 64.7 Å². The number of para-hydroxylation sites is 1. The lowest BCUT2D eigenvalue weighted by atomic mass is 10.1. The van der Waals surface area contributed by atoms with Crippen LogP contribution in [-0.2, 0) is 6.42 Å². The fourth-order valence-electron chi connectivity index (χ4n) is 3.45. The van der Waals surface area contributed by atoms with E-state index in [1.54, 1.807) is 12.1 Å². The summed E-state index contributed by atoms with van der Waals surface area (Å²) in [5.41, 5.74) is 1.60. The molecule has 1 heterocycles. The lowest BCUT2D eigenvalue weighted by molar-refractivity contribution is 0.477. The smallest absolute Gasteiger partial charge is 0.167 e. The number of unbranched alkanes of at least 4 members (excludes halogenated alkanes) is 7. The Morgan fingerprint density at radius 2 is 1.28 bits per heavy atom. The molecule has 0 atom stereocenters. The molecule has 0 saturated heterocycles.